The third kappa shape index (κ3) is 4.70. The summed E-state index contributed by atoms with van der Waals surface area (Å²) in [5.74, 6) is 0.723. The van der Waals surface area contributed by atoms with Crippen LogP contribution in [-0.2, 0) is 0 Å². The van der Waals surface area contributed by atoms with Crippen molar-refractivity contribution < 1.29 is 0 Å². The summed E-state index contributed by atoms with van der Waals surface area (Å²) in [6, 6.07) is 55.5. The zero-order chi connectivity index (χ0) is 28.6. The highest BCUT2D eigenvalue weighted by atomic mass is 32.1. The lowest BCUT2D eigenvalue weighted by molar-refractivity contribution is 1.19. The van der Waals surface area contributed by atoms with Crippen LogP contribution in [0.5, 0.6) is 0 Å². The van der Waals surface area contributed by atoms with E-state index in [0.29, 0.717) is 0 Å². The van der Waals surface area contributed by atoms with Gasteiger partial charge in [0.05, 0.1) is 11.4 Å². The van der Waals surface area contributed by atoms with E-state index in [-0.39, 0.29) is 0 Å². The Kier molecular flexibility index (Phi) is 6.36. The van der Waals surface area contributed by atoms with Gasteiger partial charge in [-0.05, 0) is 34.4 Å². The molecule has 2 heterocycles. The van der Waals surface area contributed by atoms with Gasteiger partial charge in [-0.2, -0.15) is 0 Å². The number of aromatic nitrogens is 2. The first-order valence-corrected chi connectivity index (χ1v) is 15.2. The van der Waals surface area contributed by atoms with E-state index in [4.69, 9.17) is 9.97 Å². The fourth-order valence-corrected chi connectivity index (χ4v) is 7.06. The highest BCUT2D eigenvalue weighted by Gasteiger charge is 2.19. The van der Waals surface area contributed by atoms with Gasteiger partial charge < -0.3 is 0 Å². The van der Waals surface area contributed by atoms with Crippen LogP contribution in [0.25, 0.3) is 76.3 Å². The quantitative estimate of drug-likeness (QED) is 0.207. The Hall–Kier alpha value is -5.38. The minimum atomic E-state index is 0.723. The molecule has 0 spiro atoms. The Labute approximate surface area is 254 Å². The van der Waals surface area contributed by atoms with Gasteiger partial charge >= 0.3 is 0 Å². The lowest BCUT2D eigenvalue weighted by Gasteiger charge is -2.15. The van der Waals surface area contributed by atoms with E-state index in [1.807, 2.05) is 35.6 Å². The number of rotatable bonds is 5. The van der Waals surface area contributed by atoms with Crippen LogP contribution >= 0.6 is 11.3 Å². The molecule has 0 saturated carbocycles. The average Bonchev–Trinajstić information content (AvgIpc) is 3.48. The van der Waals surface area contributed by atoms with Crippen molar-refractivity contribution in [3.05, 3.63) is 158 Å². The number of fused-ring (bicyclic) bond motifs is 3. The average molecular weight is 567 g/mol. The van der Waals surface area contributed by atoms with Crippen molar-refractivity contribution in [3.8, 4) is 56.2 Å². The Bertz CT molecular complexity index is 2140. The van der Waals surface area contributed by atoms with Gasteiger partial charge in [-0.15, -0.1) is 11.3 Å². The zero-order valence-corrected chi connectivity index (χ0v) is 24.1. The van der Waals surface area contributed by atoms with Gasteiger partial charge in [-0.25, -0.2) is 9.97 Å². The first kappa shape index (κ1) is 25.3. The van der Waals surface area contributed by atoms with Crippen molar-refractivity contribution in [2.24, 2.45) is 0 Å². The van der Waals surface area contributed by atoms with Gasteiger partial charge in [0, 0.05) is 36.9 Å². The monoisotopic (exact) mass is 566 g/mol. The first-order chi connectivity index (χ1) is 21.3. The predicted octanol–water partition coefficient (Wildman–Crippen LogP) is 11.2. The maximum atomic E-state index is 5.27. The van der Waals surface area contributed by atoms with E-state index in [2.05, 4.69) is 133 Å². The van der Waals surface area contributed by atoms with E-state index in [1.165, 1.54) is 31.3 Å². The van der Waals surface area contributed by atoms with Gasteiger partial charge in [-0.1, -0.05) is 146 Å². The maximum absolute atomic E-state index is 5.27. The van der Waals surface area contributed by atoms with E-state index in [1.54, 1.807) is 0 Å². The summed E-state index contributed by atoms with van der Waals surface area (Å²) in [6.45, 7) is 0. The fourth-order valence-electron chi connectivity index (χ4n) is 5.81. The van der Waals surface area contributed by atoms with Crippen molar-refractivity contribution in [1.82, 2.24) is 9.97 Å². The van der Waals surface area contributed by atoms with Gasteiger partial charge in [-0.3, -0.25) is 0 Å². The standard InChI is InChI=1S/C40H26N2S/c1-4-12-27(13-5-1)28-20-22-29(23-21-28)32-24-25-34-33-18-10-11-19-37(33)43-39(34)38(32)36-26-35(30-14-6-2-7-15-30)41-40(42-36)31-16-8-3-9-17-31/h1-26H. The molecule has 3 heteroatoms. The van der Waals surface area contributed by atoms with E-state index in [9.17, 15) is 0 Å². The molecule has 0 bridgehead atoms. The third-order valence-electron chi connectivity index (χ3n) is 7.93. The van der Waals surface area contributed by atoms with Gasteiger partial charge in [0.2, 0.25) is 0 Å². The summed E-state index contributed by atoms with van der Waals surface area (Å²) in [7, 11) is 0. The van der Waals surface area contributed by atoms with E-state index in [0.717, 1.165) is 45.0 Å². The molecule has 2 aromatic heterocycles. The first-order valence-electron chi connectivity index (χ1n) is 14.4. The zero-order valence-electron chi connectivity index (χ0n) is 23.3. The lowest BCUT2D eigenvalue weighted by atomic mass is 9.93. The molecule has 0 fully saturated rings. The molecule has 0 aliphatic heterocycles. The van der Waals surface area contributed by atoms with Crippen LogP contribution in [0, 0.1) is 0 Å². The highest BCUT2D eigenvalue weighted by Crippen LogP contribution is 2.45. The second kappa shape index (κ2) is 10.8. The summed E-state index contributed by atoms with van der Waals surface area (Å²) < 4.78 is 2.51. The van der Waals surface area contributed by atoms with E-state index >= 15 is 0 Å². The van der Waals surface area contributed by atoms with Gasteiger partial charge in [0.1, 0.15) is 0 Å². The molecule has 0 amide bonds. The lowest BCUT2D eigenvalue weighted by Crippen LogP contribution is -1.97. The Morgan fingerprint density at radius 2 is 0.953 bits per heavy atom. The van der Waals surface area contributed by atoms with Crippen LogP contribution in [0.3, 0.4) is 0 Å². The molecule has 6 aromatic carbocycles. The smallest absolute Gasteiger partial charge is 0.160 e. The molecule has 2 nitrogen and oxygen atoms in total. The number of benzene rings is 6. The van der Waals surface area contributed by atoms with Crippen LogP contribution in [0.15, 0.2) is 158 Å². The van der Waals surface area contributed by atoms with Crippen molar-refractivity contribution in [1.29, 1.82) is 0 Å². The Morgan fingerprint density at radius 1 is 0.395 bits per heavy atom. The SMILES string of the molecule is c1ccc(-c2ccc(-c3ccc4c(sc5ccccc54)c3-c3cc(-c4ccccc4)nc(-c4ccccc4)n3)cc2)cc1. The minimum Gasteiger partial charge on any atom is -0.228 e. The number of hydrogen-bond donors (Lipinski definition) is 0. The summed E-state index contributed by atoms with van der Waals surface area (Å²) >= 11 is 1.83. The molecule has 0 saturated heterocycles. The predicted molar refractivity (Wildman–Crippen MR) is 182 cm³/mol. The maximum Gasteiger partial charge on any atom is 0.160 e. The molecule has 0 unspecified atom stereocenters. The summed E-state index contributed by atoms with van der Waals surface area (Å²) in [6.07, 6.45) is 0. The molecule has 0 atom stereocenters. The molecule has 0 aliphatic rings. The molecule has 0 N–H and O–H groups in total. The number of thiophene rings is 1. The van der Waals surface area contributed by atoms with Crippen molar-refractivity contribution in [3.63, 3.8) is 0 Å². The molecule has 202 valence electrons. The van der Waals surface area contributed by atoms with E-state index < -0.39 is 0 Å². The van der Waals surface area contributed by atoms with Crippen LogP contribution < -0.4 is 0 Å². The largest absolute Gasteiger partial charge is 0.228 e. The van der Waals surface area contributed by atoms with Gasteiger partial charge in [0.25, 0.3) is 0 Å². The third-order valence-corrected chi connectivity index (χ3v) is 9.14. The van der Waals surface area contributed by atoms with Crippen molar-refractivity contribution in [2.75, 3.05) is 0 Å². The topological polar surface area (TPSA) is 25.8 Å². The normalized spacial score (nSPS) is 11.3. The molecule has 0 aliphatic carbocycles. The van der Waals surface area contributed by atoms with Crippen LogP contribution in [0.1, 0.15) is 0 Å². The molecule has 43 heavy (non-hydrogen) atoms. The number of nitrogens with zero attached hydrogens (tertiary/aromatic N) is 2. The summed E-state index contributed by atoms with van der Waals surface area (Å²) in [5, 5.41) is 2.52. The summed E-state index contributed by atoms with van der Waals surface area (Å²) in [4.78, 5) is 10.3. The Balaban J connectivity index is 1.40. The summed E-state index contributed by atoms with van der Waals surface area (Å²) in [5.41, 5.74) is 9.78. The molecule has 8 rings (SSSR count). The van der Waals surface area contributed by atoms with Crippen LogP contribution in [-0.4, -0.2) is 9.97 Å². The van der Waals surface area contributed by atoms with Gasteiger partial charge in [0.15, 0.2) is 5.82 Å². The number of hydrogen-bond acceptors (Lipinski definition) is 3. The molecular formula is C40H26N2S. The minimum absolute atomic E-state index is 0.723. The van der Waals surface area contributed by atoms with Crippen molar-refractivity contribution >= 4 is 31.5 Å². The Morgan fingerprint density at radius 3 is 1.67 bits per heavy atom. The molecular weight excluding hydrogens is 541 g/mol. The fraction of sp³-hybridized carbons (Fsp3) is 0. The van der Waals surface area contributed by atoms with Crippen LogP contribution in [0.4, 0.5) is 0 Å². The van der Waals surface area contributed by atoms with Crippen molar-refractivity contribution in [2.45, 2.75) is 0 Å². The molecule has 0 radical (unpaired) electrons. The second-order valence-corrected chi connectivity index (χ2v) is 11.7. The molecule has 8 aromatic rings. The highest BCUT2D eigenvalue weighted by molar-refractivity contribution is 7.26. The second-order valence-electron chi connectivity index (χ2n) is 10.6. The van der Waals surface area contributed by atoms with Crippen LogP contribution in [0.2, 0.25) is 0 Å².